The quantitative estimate of drug-likeness (QED) is 0.886. The van der Waals surface area contributed by atoms with Crippen LogP contribution >= 0.6 is 15.9 Å². The minimum absolute atomic E-state index is 0.0296. The largest absolute Gasteiger partial charge is 0.492 e. The second kappa shape index (κ2) is 5.79. The zero-order valence-corrected chi connectivity index (χ0v) is 12.4. The highest BCUT2D eigenvalue weighted by Crippen LogP contribution is 2.42. The van der Waals surface area contributed by atoms with Crippen molar-refractivity contribution in [1.29, 1.82) is 0 Å². The van der Waals surface area contributed by atoms with Crippen LogP contribution in [0.25, 0.3) is 0 Å². The number of halogens is 1. The molecule has 1 saturated heterocycles. The summed E-state index contributed by atoms with van der Waals surface area (Å²) in [6.45, 7) is 0.474. The van der Waals surface area contributed by atoms with E-state index < -0.39 is 5.97 Å². The molecule has 1 aliphatic rings. The highest BCUT2D eigenvalue weighted by molar-refractivity contribution is 9.10. The summed E-state index contributed by atoms with van der Waals surface area (Å²) in [4.78, 5) is 11.0. The van der Waals surface area contributed by atoms with Crippen molar-refractivity contribution in [3.05, 3.63) is 22.2 Å². The van der Waals surface area contributed by atoms with Crippen molar-refractivity contribution in [2.75, 3.05) is 20.8 Å². The lowest BCUT2D eigenvalue weighted by Gasteiger charge is -2.18. The van der Waals surface area contributed by atoms with Crippen molar-refractivity contribution in [2.24, 2.45) is 5.92 Å². The Bertz CT molecular complexity index is 492. The molecule has 0 saturated carbocycles. The molecule has 2 unspecified atom stereocenters. The highest BCUT2D eigenvalue weighted by atomic mass is 79.9. The fraction of sp³-hybridized carbons (Fsp3) is 0.462. The number of carboxylic acids is 1. The van der Waals surface area contributed by atoms with Crippen LogP contribution < -0.4 is 14.8 Å². The summed E-state index contributed by atoms with van der Waals surface area (Å²) in [5, 5.41) is 12.3. The van der Waals surface area contributed by atoms with Gasteiger partial charge in [0.05, 0.1) is 24.6 Å². The van der Waals surface area contributed by atoms with Crippen LogP contribution in [0, 0.1) is 5.92 Å². The van der Waals surface area contributed by atoms with Gasteiger partial charge in [-0.15, -0.1) is 0 Å². The number of methoxy groups -OCH3 is 2. The average molecular weight is 330 g/mol. The SMILES string of the molecule is COc1c(Br)ccc(C2CC(C(=O)O)CN2)c1OC. The standard InChI is InChI=1S/C13H16BrNO4/c1-18-11-8(3-4-9(14)12(11)19-2)10-5-7(6-15-10)13(16)17/h3-4,7,10,15H,5-6H2,1-2H3,(H,16,17). The number of ether oxygens (including phenoxy) is 2. The summed E-state index contributed by atoms with van der Waals surface area (Å²) < 4.78 is 11.5. The average Bonchev–Trinajstić information content (AvgIpc) is 2.87. The first kappa shape index (κ1) is 14.1. The van der Waals surface area contributed by atoms with E-state index in [1.807, 2.05) is 12.1 Å². The summed E-state index contributed by atoms with van der Waals surface area (Å²) in [6.07, 6.45) is 0.552. The van der Waals surface area contributed by atoms with Crippen LogP contribution in [0.5, 0.6) is 11.5 Å². The van der Waals surface area contributed by atoms with Gasteiger partial charge >= 0.3 is 5.97 Å². The molecule has 0 amide bonds. The van der Waals surface area contributed by atoms with Gasteiger partial charge in [0.2, 0.25) is 0 Å². The number of hydrogen-bond acceptors (Lipinski definition) is 4. The molecule has 104 valence electrons. The van der Waals surface area contributed by atoms with Crippen molar-refractivity contribution in [3.8, 4) is 11.5 Å². The van der Waals surface area contributed by atoms with Gasteiger partial charge in [-0.3, -0.25) is 4.79 Å². The molecule has 2 rings (SSSR count). The van der Waals surface area contributed by atoms with E-state index in [9.17, 15) is 4.79 Å². The third-order valence-corrected chi connectivity index (χ3v) is 3.98. The number of rotatable bonds is 4. The monoisotopic (exact) mass is 329 g/mol. The third kappa shape index (κ3) is 2.69. The minimum atomic E-state index is -0.766. The van der Waals surface area contributed by atoms with Gasteiger partial charge in [0.15, 0.2) is 11.5 Å². The Morgan fingerprint density at radius 1 is 1.37 bits per heavy atom. The van der Waals surface area contributed by atoms with E-state index in [-0.39, 0.29) is 12.0 Å². The van der Waals surface area contributed by atoms with E-state index >= 15 is 0 Å². The van der Waals surface area contributed by atoms with Crippen LogP contribution in [0.1, 0.15) is 18.0 Å². The van der Waals surface area contributed by atoms with Crippen LogP contribution in [0.3, 0.4) is 0 Å². The molecule has 0 radical (unpaired) electrons. The number of carbonyl (C=O) groups is 1. The summed E-state index contributed by atoms with van der Waals surface area (Å²) >= 11 is 3.41. The Kier molecular flexibility index (Phi) is 4.31. The topological polar surface area (TPSA) is 67.8 Å². The van der Waals surface area contributed by atoms with E-state index in [4.69, 9.17) is 14.6 Å². The predicted molar refractivity (Wildman–Crippen MR) is 73.7 cm³/mol. The molecule has 2 N–H and O–H groups in total. The molecule has 0 bridgehead atoms. The number of hydrogen-bond donors (Lipinski definition) is 2. The Labute approximate surface area is 120 Å². The van der Waals surface area contributed by atoms with Gasteiger partial charge in [0, 0.05) is 18.2 Å². The van der Waals surface area contributed by atoms with Gasteiger partial charge in [-0.2, -0.15) is 0 Å². The maximum absolute atomic E-state index is 11.0. The number of carboxylic acid groups (broad SMARTS) is 1. The zero-order chi connectivity index (χ0) is 14.0. The fourth-order valence-electron chi connectivity index (χ4n) is 2.39. The van der Waals surface area contributed by atoms with Gasteiger partial charge in [0.1, 0.15) is 0 Å². The number of nitrogens with one attached hydrogen (secondary N) is 1. The number of benzene rings is 1. The van der Waals surface area contributed by atoms with Gasteiger partial charge < -0.3 is 19.9 Å². The lowest BCUT2D eigenvalue weighted by Crippen LogP contribution is -2.17. The van der Waals surface area contributed by atoms with Gasteiger partial charge in [-0.25, -0.2) is 0 Å². The van der Waals surface area contributed by atoms with Crippen molar-refractivity contribution >= 4 is 21.9 Å². The third-order valence-electron chi connectivity index (χ3n) is 3.36. The number of aliphatic carboxylic acids is 1. The van der Waals surface area contributed by atoms with Crippen LogP contribution in [0.4, 0.5) is 0 Å². The molecule has 1 aromatic carbocycles. The van der Waals surface area contributed by atoms with E-state index in [1.54, 1.807) is 14.2 Å². The Morgan fingerprint density at radius 3 is 2.58 bits per heavy atom. The molecule has 1 aromatic rings. The molecule has 2 atom stereocenters. The van der Waals surface area contributed by atoms with E-state index in [0.29, 0.717) is 24.5 Å². The Balaban J connectivity index is 2.33. The Morgan fingerprint density at radius 2 is 2.05 bits per heavy atom. The molecule has 0 aliphatic carbocycles. The molecule has 1 aliphatic heterocycles. The molecular formula is C13H16BrNO4. The first-order valence-corrected chi connectivity index (χ1v) is 6.74. The molecule has 0 aromatic heterocycles. The predicted octanol–water partition coefficient (Wildman–Crippen LogP) is 2.20. The second-order valence-electron chi connectivity index (χ2n) is 4.43. The lowest BCUT2D eigenvalue weighted by atomic mass is 9.99. The Hall–Kier alpha value is -1.27. The van der Waals surface area contributed by atoms with Crippen molar-refractivity contribution in [1.82, 2.24) is 5.32 Å². The molecule has 0 spiro atoms. The van der Waals surface area contributed by atoms with Crippen molar-refractivity contribution < 1.29 is 19.4 Å². The van der Waals surface area contributed by atoms with Crippen LogP contribution in [-0.2, 0) is 4.79 Å². The maximum Gasteiger partial charge on any atom is 0.307 e. The normalized spacial score (nSPS) is 22.3. The van der Waals surface area contributed by atoms with Crippen LogP contribution in [0.2, 0.25) is 0 Å². The fourth-order valence-corrected chi connectivity index (χ4v) is 2.86. The van der Waals surface area contributed by atoms with Gasteiger partial charge in [-0.1, -0.05) is 6.07 Å². The molecule has 1 fully saturated rings. The first-order valence-electron chi connectivity index (χ1n) is 5.95. The molecule has 5 nitrogen and oxygen atoms in total. The molecule has 1 heterocycles. The lowest BCUT2D eigenvalue weighted by molar-refractivity contribution is -0.141. The van der Waals surface area contributed by atoms with E-state index in [1.165, 1.54) is 0 Å². The van der Waals surface area contributed by atoms with Crippen LogP contribution in [0.15, 0.2) is 16.6 Å². The summed E-state index contributed by atoms with van der Waals surface area (Å²) in [6, 6.07) is 3.78. The zero-order valence-electron chi connectivity index (χ0n) is 10.8. The summed E-state index contributed by atoms with van der Waals surface area (Å²) in [5.74, 6) is 0.142. The summed E-state index contributed by atoms with van der Waals surface area (Å²) in [7, 11) is 3.16. The minimum Gasteiger partial charge on any atom is -0.492 e. The first-order chi connectivity index (χ1) is 9.08. The van der Waals surface area contributed by atoms with Gasteiger partial charge in [-0.05, 0) is 28.4 Å². The van der Waals surface area contributed by atoms with Crippen molar-refractivity contribution in [3.63, 3.8) is 0 Å². The second-order valence-corrected chi connectivity index (χ2v) is 5.29. The molecule has 6 heteroatoms. The van der Waals surface area contributed by atoms with E-state index in [2.05, 4.69) is 21.2 Å². The molecular weight excluding hydrogens is 314 g/mol. The smallest absolute Gasteiger partial charge is 0.307 e. The highest BCUT2D eigenvalue weighted by Gasteiger charge is 2.32. The summed E-state index contributed by atoms with van der Waals surface area (Å²) in [5.41, 5.74) is 0.923. The van der Waals surface area contributed by atoms with Gasteiger partial charge in [0.25, 0.3) is 0 Å². The van der Waals surface area contributed by atoms with Crippen molar-refractivity contribution in [2.45, 2.75) is 12.5 Å². The van der Waals surface area contributed by atoms with E-state index in [0.717, 1.165) is 10.0 Å². The molecule has 19 heavy (non-hydrogen) atoms. The van der Waals surface area contributed by atoms with Crippen LogP contribution in [-0.4, -0.2) is 31.8 Å². The maximum atomic E-state index is 11.0.